The third-order valence-corrected chi connectivity index (χ3v) is 3.65. The zero-order valence-corrected chi connectivity index (χ0v) is 15.7. The van der Waals surface area contributed by atoms with Crippen molar-refractivity contribution in [3.05, 3.63) is 42.5 Å². The third-order valence-electron chi connectivity index (χ3n) is 3.65. The fourth-order valence-corrected chi connectivity index (χ4v) is 2.14. The lowest BCUT2D eigenvalue weighted by atomic mass is 10.0. The largest absolute Gasteiger partial charge is 0.497 e. The van der Waals surface area contributed by atoms with Gasteiger partial charge in [-0.2, -0.15) is 0 Å². The first-order valence-corrected chi connectivity index (χ1v) is 8.42. The zero-order valence-electron chi connectivity index (χ0n) is 15.7. The van der Waals surface area contributed by atoms with Crippen molar-refractivity contribution in [1.29, 1.82) is 0 Å². The summed E-state index contributed by atoms with van der Waals surface area (Å²) >= 11 is 0. The van der Waals surface area contributed by atoms with Crippen LogP contribution in [0.5, 0.6) is 5.75 Å². The first-order valence-electron chi connectivity index (χ1n) is 8.42. The highest BCUT2D eigenvalue weighted by atomic mass is 16.5. The van der Waals surface area contributed by atoms with E-state index in [0.717, 1.165) is 18.7 Å². The topological polar surface area (TPSA) is 66.0 Å². The molecule has 0 heterocycles. The average molecular weight is 346 g/mol. The highest BCUT2D eigenvalue weighted by Gasteiger charge is 2.07. The molecular formula is C19H30N4O2. The van der Waals surface area contributed by atoms with Crippen molar-refractivity contribution < 1.29 is 9.53 Å². The predicted molar refractivity (Wildman–Crippen MR) is 103 cm³/mol. The molecule has 0 aromatic heterocycles. The van der Waals surface area contributed by atoms with E-state index in [9.17, 15) is 4.79 Å². The number of hydrogen-bond donors (Lipinski definition) is 2. The molecule has 1 aromatic rings. The summed E-state index contributed by atoms with van der Waals surface area (Å²) in [5.41, 5.74) is 1.26. The van der Waals surface area contributed by atoms with E-state index < -0.39 is 0 Å². The Balaban J connectivity index is 2.53. The molecule has 2 N–H and O–H groups in total. The van der Waals surface area contributed by atoms with Crippen LogP contribution in [0.15, 0.2) is 41.9 Å². The summed E-state index contributed by atoms with van der Waals surface area (Å²) < 4.78 is 5.18. The van der Waals surface area contributed by atoms with Crippen molar-refractivity contribution in [2.24, 2.45) is 10.9 Å². The molecule has 25 heavy (non-hydrogen) atoms. The Morgan fingerprint density at radius 2 is 2.00 bits per heavy atom. The number of hydrogen-bond acceptors (Lipinski definition) is 3. The van der Waals surface area contributed by atoms with Gasteiger partial charge in [-0.15, -0.1) is 6.58 Å². The van der Waals surface area contributed by atoms with Gasteiger partial charge in [0, 0.05) is 27.2 Å². The molecule has 6 heteroatoms. The van der Waals surface area contributed by atoms with Crippen LogP contribution in [-0.4, -0.2) is 57.6 Å². The summed E-state index contributed by atoms with van der Waals surface area (Å²) in [6, 6.07) is 8.10. The minimum Gasteiger partial charge on any atom is -0.497 e. The van der Waals surface area contributed by atoms with Crippen molar-refractivity contribution in [2.75, 3.05) is 40.8 Å². The van der Waals surface area contributed by atoms with Gasteiger partial charge in [-0.1, -0.05) is 25.1 Å². The molecule has 0 aliphatic carbocycles. The zero-order chi connectivity index (χ0) is 18.7. The maximum absolute atomic E-state index is 11.7. The minimum atomic E-state index is -0.0361. The number of amides is 1. The van der Waals surface area contributed by atoms with Crippen molar-refractivity contribution in [1.82, 2.24) is 15.5 Å². The van der Waals surface area contributed by atoms with E-state index in [1.54, 1.807) is 27.3 Å². The van der Waals surface area contributed by atoms with Crippen LogP contribution < -0.4 is 15.4 Å². The lowest BCUT2D eigenvalue weighted by Gasteiger charge is -2.16. The molecular weight excluding hydrogens is 316 g/mol. The highest BCUT2D eigenvalue weighted by Crippen LogP contribution is 2.14. The predicted octanol–water partition coefficient (Wildman–Crippen LogP) is 1.68. The summed E-state index contributed by atoms with van der Waals surface area (Å²) in [6.45, 7) is 7.33. The molecule has 1 amide bonds. The second kappa shape index (κ2) is 11.1. The van der Waals surface area contributed by atoms with Gasteiger partial charge in [-0.05, 0) is 30.0 Å². The smallest absolute Gasteiger partial charge is 0.243 e. The number of benzene rings is 1. The van der Waals surface area contributed by atoms with Crippen LogP contribution >= 0.6 is 0 Å². The minimum absolute atomic E-state index is 0.0361. The summed E-state index contributed by atoms with van der Waals surface area (Å²) in [5.74, 6) is 1.86. The fourth-order valence-electron chi connectivity index (χ4n) is 2.14. The number of ether oxygens (including phenoxy) is 1. The maximum Gasteiger partial charge on any atom is 0.243 e. The number of nitrogens with one attached hydrogen (secondary N) is 2. The van der Waals surface area contributed by atoms with E-state index in [0.29, 0.717) is 18.4 Å². The van der Waals surface area contributed by atoms with Gasteiger partial charge in [-0.3, -0.25) is 4.79 Å². The van der Waals surface area contributed by atoms with E-state index in [4.69, 9.17) is 4.74 Å². The number of likely N-dealkylation sites (N-methyl/N-ethyl adjacent to an activating group) is 1. The standard InChI is InChI=1S/C19H30N4O2/c1-6-11-20-19(22-14-18(24)23(3)4)21-13-15(2)12-16-7-9-17(25-5)10-8-16/h6-10,15H,1,11-14H2,2-5H3,(H2,20,21,22). The molecule has 0 bridgehead atoms. The Bertz CT molecular complexity index is 567. The van der Waals surface area contributed by atoms with Gasteiger partial charge in [0.15, 0.2) is 5.96 Å². The van der Waals surface area contributed by atoms with E-state index in [1.807, 2.05) is 12.1 Å². The number of rotatable bonds is 9. The molecule has 0 fully saturated rings. The van der Waals surface area contributed by atoms with Crippen LogP contribution in [0.4, 0.5) is 0 Å². The number of nitrogens with zero attached hydrogens (tertiary/aromatic N) is 2. The van der Waals surface area contributed by atoms with Crippen LogP contribution in [0.1, 0.15) is 12.5 Å². The molecule has 0 saturated carbocycles. The van der Waals surface area contributed by atoms with Crippen LogP contribution in [-0.2, 0) is 11.2 Å². The van der Waals surface area contributed by atoms with Crippen LogP contribution in [0.3, 0.4) is 0 Å². The Morgan fingerprint density at radius 3 is 2.56 bits per heavy atom. The average Bonchev–Trinajstić information content (AvgIpc) is 2.61. The molecule has 0 spiro atoms. The first-order chi connectivity index (χ1) is 12.0. The Labute approximate surface area is 151 Å². The highest BCUT2D eigenvalue weighted by molar-refractivity contribution is 5.84. The van der Waals surface area contributed by atoms with Crippen LogP contribution in [0, 0.1) is 5.92 Å². The van der Waals surface area contributed by atoms with E-state index in [-0.39, 0.29) is 12.5 Å². The van der Waals surface area contributed by atoms with E-state index in [2.05, 4.69) is 41.3 Å². The Morgan fingerprint density at radius 1 is 1.32 bits per heavy atom. The van der Waals surface area contributed by atoms with Gasteiger partial charge >= 0.3 is 0 Å². The van der Waals surface area contributed by atoms with E-state index in [1.165, 1.54) is 10.5 Å². The number of guanidine groups is 1. The number of carbonyl (C=O) groups excluding carboxylic acids is 1. The molecule has 1 aromatic carbocycles. The van der Waals surface area contributed by atoms with Gasteiger partial charge in [-0.25, -0.2) is 4.99 Å². The molecule has 138 valence electrons. The monoisotopic (exact) mass is 346 g/mol. The SMILES string of the molecule is C=CCNC(=NCC(=O)N(C)C)NCC(C)Cc1ccc(OC)cc1. The van der Waals surface area contributed by atoms with Gasteiger partial charge < -0.3 is 20.3 Å². The first kappa shape index (κ1) is 20.5. The Hall–Kier alpha value is -2.50. The molecule has 0 radical (unpaired) electrons. The molecule has 1 rings (SSSR count). The second-order valence-corrected chi connectivity index (χ2v) is 6.16. The molecule has 1 unspecified atom stereocenters. The van der Waals surface area contributed by atoms with Crippen LogP contribution in [0.25, 0.3) is 0 Å². The van der Waals surface area contributed by atoms with Crippen LogP contribution in [0.2, 0.25) is 0 Å². The summed E-state index contributed by atoms with van der Waals surface area (Å²) in [6.07, 6.45) is 2.70. The third kappa shape index (κ3) is 8.24. The second-order valence-electron chi connectivity index (χ2n) is 6.16. The lowest BCUT2D eigenvalue weighted by Crippen LogP contribution is -2.40. The normalized spacial score (nSPS) is 12.2. The van der Waals surface area contributed by atoms with Crippen molar-refractivity contribution in [3.63, 3.8) is 0 Å². The summed E-state index contributed by atoms with van der Waals surface area (Å²) in [5, 5.41) is 6.42. The van der Waals surface area contributed by atoms with Gasteiger partial charge in [0.25, 0.3) is 0 Å². The number of methoxy groups -OCH3 is 1. The van der Waals surface area contributed by atoms with Gasteiger partial charge in [0.05, 0.1) is 7.11 Å². The molecule has 0 saturated heterocycles. The molecule has 0 aliphatic heterocycles. The summed E-state index contributed by atoms with van der Waals surface area (Å²) in [7, 11) is 5.11. The molecule has 0 aliphatic rings. The molecule has 1 atom stereocenters. The maximum atomic E-state index is 11.7. The lowest BCUT2D eigenvalue weighted by molar-refractivity contribution is -0.127. The van der Waals surface area contributed by atoms with Crippen molar-refractivity contribution in [2.45, 2.75) is 13.3 Å². The Kier molecular flexibility index (Phi) is 9.14. The number of aliphatic imine (C=N–C) groups is 1. The summed E-state index contributed by atoms with van der Waals surface area (Å²) in [4.78, 5) is 17.5. The quantitative estimate of drug-likeness (QED) is 0.406. The fraction of sp³-hybridized carbons (Fsp3) is 0.474. The van der Waals surface area contributed by atoms with Crippen molar-refractivity contribution in [3.8, 4) is 5.75 Å². The molecule has 6 nitrogen and oxygen atoms in total. The van der Waals surface area contributed by atoms with Gasteiger partial charge in [0.2, 0.25) is 5.91 Å². The van der Waals surface area contributed by atoms with E-state index >= 15 is 0 Å². The number of carbonyl (C=O) groups is 1. The van der Waals surface area contributed by atoms with Crippen molar-refractivity contribution >= 4 is 11.9 Å². The van der Waals surface area contributed by atoms with Gasteiger partial charge in [0.1, 0.15) is 12.3 Å².